The fraction of sp³-hybridized carbons (Fsp3) is 0.440. The van der Waals surface area contributed by atoms with Crippen LogP contribution in [0.5, 0.6) is 0 Å². The van der Waals surface area contributed by atoms with Gasteiger partial charge in [-0.25, -0.2) is 9.78 Å². The SMILES string of the molecule is CCC1(CC)CC(C)c2c(N)c(NC(=O)N3Cc4cn(C)nc4C3)nc(-c3cccnc3)c21. The smallest absolute Gasteiger partial charge is 0.323 e. The molecule has 0 saturated heterocycles. The van der Waals surface area contributed by atoms with Gasteiger partial charge in [-0.1, -0.05) is 20.8 Å². The van der Waals surface area contributed by atoms with Gasteiger partial charge in [-0.15, -0.1) is 0 Å². The predicted molar refractivity (Wildman–Crippen MR) is 129 cm³/mol. The Morgan fingerprint density at radius 3 is 2.76 bits per heavy atom. The summed E-state index contributed by atoms with van der Waals surface area (Å²) in [5, 5.41) is 7.45. The second-order valence-electron chi connectivity index (χ2n) is 9.41. The third-order valence-electron chi connectivity index (χ3n) is 7.49. The average molecular weight is 446 g/mol. The second-order valence-corrected chi connectivity index (χ2v) is 9.41. The van der Waals surface area contributed by atoms with E-state index in [1.54, 1.807) is 15.8 Å². The lowest BCUT2D eigenvalue weighted by Crippen LogP contribution is -2.31. The van der Waals surface area contributed by atoms with Gasteiger partial charge >= 0.3 is 6.03 Å². The number of nitrogens with two attached hydrogens (primary N) is 1. The van der Waals surface area contributed by atoms with E-state index in [1.807, 2.05) is 31.6 Å². The van der Waals surface area contributed by atoms with Gasteiger partial charge in [0, 0.05) is 36.8 Å². The van der Waals surface area contributed by atoms with Crippen molar-refractivity contribution < 1.29 is 4.79 Å². The molecule has 4 heterocycles. The molecular weight excluding hydrogens is 414 g/mol. The Kier molecular flexibility index (Phi) is 5.11. The first-order chi connectivity index (χ1) is 15.9. The summed E-state index contributed by atoms with van der Waals surface area (Å²) in [6.45, 7) is 7.71. The molecule has 8 heteroatoms. The number of rotatable bonds is 4. The lowest BCUT2D eigenvalue weighted by molar-refractivity contribution is 0.211. The zero-order chi connectivity index (χ0) is 23.3. The van der Waals surface area contributed by atoms with Gasteiger partial charge < -0.3 is 10.6 Å². The highest BCUT2D eigenvalue weighted by Crippen LogP contribution is 2.55. The minimum atomic E-state index is -0.213. The van der Waals surface area contributed by atoms with Gasteiger partial charge in [0.15, 0.2) is 5.82 Å². The minimum absolute atomic E-state index is 0.0205. The van der Waals surface area contributed by atoms with Crippen molar-refractivity contribution >= 4 is 17.5 Å². The van der Waals surface area contributed by atoms with Gasteiger partial charge in [-0.2, -0.15) is 5.10 Å². The van der Waals surface area contributed by atoms with Gasteiger partial charge in [-0.3, -0.25) is 15.0 Å². The normalized spacial score (nSPS) is 18.3. The van der Waals surface area contributed by atoms with Gasteiger partial charge in [-0.05, 0) is 53.9 Å². The summed E-state index contributed by atoms with van der Waals surface area (Å²) in [5.74, 6) is 0.715. The number of fused-ring (bicyclic) bond motifs is 2. The van der Waals surface area contributed by atoms with Crippen LogP contribution in [0.25, 0.3) is 11.3 Å². The van der Waals surface area contributed by atoms with Gasteiger partial charge in [0.1, 0.15) is 0 Å². The number of urea groups is 1. The molecule has 1 unspecified atom stereocenters. The summed E-state index contributed by atoms with van der Waals surface area (Å²) in [5.41, 5.74) is 13.5. The van der Waals surface area contributed by atoms with E-state index >= 15 is 0 Å². The lowest BCUT2D eigenvalue weighted by Gasteiger charge is -2.30. The molecule has 0 aromatic carbocycles. The van der Waals surface area contributed by atoms with Crippen molar-refractivity contribution in [2.75, 3.05) is 11.1 Å². The number of pyridine rings is 2. The van der Waals surface area contributed by atoms with Crippen LogP contribution < -0.4 is 11.1 Å². The number of aryl methyl sites for hydroxylation is 1. The average Bonchev–Trinajstić information content (AvgIpc) is 3.45. The van der Waals surface area contributed by atoms with Gasteiger partial charge in [0.05, 0.1) is 30.2 Å². The van der Waals surface area contributed by atoms with E-state index in [-0.39, 0.29) is 17.4 Å². The van der Waals surface area contributed by atoms with E-state index in [4.69, 9.17) is 10.7 Å². The van der Waals surface area contributed by atoms with Crippen molar-refractivity contribution in [1.29, 1.82) is 0 Å². The predicted octanol–water partition coefficient (Wildman–Crippen LogP) is 4.57. The molecule has 0 radical (unpaired) electrons. The summed E-state index contributed by atoms with van der Waals surface area (Å²) in [6, 6.07) is 3.73. The van der Waals surface area contributed by atoms with E-state index in [2.05, 4.69) is 36.2 Å². The molecule has 8 nitrogen and oxygen atoms in total. The van der Waals surface area contributed by atoms with E-state index in [0.29, 0.717) is 24.6 Å². The van der Waals surface area contributed by atoms with Crippen molar-refractivity contribution in [3.63, 3.8) is 0 Å². The molecule has 3 aromatic rings. The summed E-state index contributed by atoms with van der Waals surface area (Å²) < 4.78 is 1.79. The fourth-order valence-electron chi connectivity index (χ4n) is 5.77. The Hall–Kier alpha value is -3.42. The van der Waals surface area contributed by atoms with E-state index in [9.17, 15) is 4.79 Å². The molecule has 5 rings (SSSR count). The number of hydrogen-bond acceptors (Lipinski definition) is 5. The quantitative estimate of drug-likeness (QED) is 0.612. The van der Waals surface area contributed by atoms with Gasteiger partial charge in [0.25, 0.3) is 0 Å². The number of anilines is 2. The van der Waals surface area contributed by atoms with Crippen molar-refractivity contribution in [2.45, 2.75) is 64.5 Å². The maximum absolute atomic E-state index is 13.2. The Labute approximate surface area is 194 Å². The summed E-state index contributed by atoms with van der Waals surface area (Å²) in [7, 11) is 1.89. The van der Waals surface area contributed by atoms with Crippen LogP contribution >= 0.6 is 0 Å². The zero-order valence-corrected chi connectivity index (χ0v) is 19.7. The van der Waals surface area contributed by atoms with Crippen LogP contribution in [0.4, 0.5) is 16.3 Å². The topological polar surface area (TPSA) is 102 Å². The zero-order valence-electron chi connectivity index (χ0n) is 19.7. The van der Waals surface area contributed by atoms with Crippen molar-refractivity contribution in [3.8, 4) is 11.3 Å². The molecule has 3 N–H and O–H groups in total. The summed E-state index contributed by atoms with van der Waals surface area (Å²) in [6.07, 6.45) is 8.62. The van der Waals surface area contributed by atoms with Crippen LogP contribution in [0, 0.1) is 0 Å². The van der Waals surface area contributed by atoms with Crippen LogP contribution in [-0.2, 0) is 25.6 Å². The maximum Gasteiger partial charge on any atom is 0.323 e. The molecule has 1 aliphatic heterocycles. The van der Waals surface area contributed by atoms with Crippen LogP contribution in [0.1, 0.15) is 68.3 Å². The molecule has 1 aliphatic carbocycles. The largest absolute Gasteiger partial charge is 0.395 e. The van der Waals surface area contributed by atoms with E-state index in [1.165, 1.54) is 5.56 Å². The monoisotopic (exact) mass is 445 g/mol. The molecule has 3 aromatic heterocycles. The number of nitrogens with zero attached hydrogens (tertiary/aromatic N) is 5. The van der Waals surface area contributed by atoms with Crippen LogP contribution in [0.2, 0.25) is 0 Å². The number of aromatic nitrogens is 4. The molecule has 33 heavy (non-hydrogen) atoms. The minimum Gasteiger partial charge on any atom is -0.395 e. The fourth-order valence-corrected chi connectivity index (χ4v) is 5.77. The highest BCUT2D eigenvalue weighted by molar-refractivity contribution is 5.93. The molecule has 0 fully saturated rings. The number of nitrogens with one attached hydrogen (secondary N) is 1. The highest BCUT2D eigenvalue weighted by atomic mass is 16.2. The number of nitrogen functional groups attached to an aromatic ring is 1. The second kappa shape index (κ2) is 7.86. The maximum atomic E-state index is 13.2. The number of carbonyl (C=O) groups is 1. The number of hydrogen-bond donors (Lipinski definition) is 2. The highest BCUT2D eigenvalue weighted by Gasteiger charge is 2.44. The molecule has 0 saturated carbocycles. The van der Waals surface area contributed by atoms with Crippen LogP contribution in [0.15, 0.2) is 30.7 Å². The Morgan fingerprint density at radius 1 is 1.30 bits per heavy atom. The Bertz CT molecular complexity index is 1190. The summed E-state index contributed by atoms with van der Waals surface area (Å²) >= 11 is 0. The molecular formula is C25H31N7O. The van der Waals surface area contributed by atoms with Crippen molar-refractivity contribution in [2.24, 2.45) is 7.05 Å². The van der Waals surface area contributed by atoms with E-state index < -0.39 is 0 Å². The van der Waals surface area contributed by atoms with Crippen LogP contribution in [0.3, 0.4) is 0 Å². The molecule has 0 bridgehead atoms. The van der Waals surface area contributed by atoms with E-state index in [0.717, 1.165) is 47.3 Å². The first-order valence-electron chi connectivity index (χ1n) is 11.7. The molecule has 0 spiro atoms. The first kappa shape index (κ1) is 21.4. The third-order valence-corrected chi connectivity index (χ3v) is 7.49. The number of carbonyl (C=O) groups excluding carboxylic acids is 1. The molecule has 172 valence electrons. The van der Waals surface area contributed by atoms with Gasteiger partial charge in [0.2, 0.25) is 0 Å². The van der Waals surface area contributed by atoms with Crippen molar-refractivity contribution in [3.05, 3.63) is 53.1 Å². The van der Waals surface area contributed by atoms with Crippen LogP contribution in [-0.4, -0.2) is 30.7 Å². The molecule has 2 amide bonds. The standard InChI is InChI=1S/C25H31N7O/c1-5-25(6-2)10-15(3)19-20(25)22(16-8-7-9-27-11-16)28-23(21(19)26)29-24(33)32-13-17-12-31(4)30-18(17)14-32/h7-9,11-12,15H,5-6,10,13-14,26H2,1-4H3,(H,28,29,33). The lowest BCUT2D eigenvalue weighted by atomic mass is 9.75. The Balaban J connectivity index is 1.56. The molecule has 2 aliphatic rings. The first-order valence-corrected chi connectivity index (χ1v) is 11.7. The summed E-state index contributed by atoms with van der Waals surface area (Å²) in [4.78, 5) is 24.2. The Morgan fingerprint density at radius 2 is 2.09 bits per heavy atom. The van der Waals surface area contributed by atoms with Crippen molar-refractivity contribution in [1.82, 2.24) is 24.6 Å². The molecule has 1 atom stereocenters. The third kappa shape index (κ3) is 3.35. The number of amides is 2.